The van der Waals surface area contributed by atoms with Gasteiger partial charge in [0.1, 0.15) is 11.2 Å². The monoisotopic (exact) mass is 293 g/mol. The van der Waals surface area contributed by atoms with Crippen LogP contribution in [0.25, 0.3) is 0 Å². The third kappa shape index (κ3) is 2.88. The molecule has 0 radical (unpaired) electrons. The number of hydrogen-bond acceptors (Lipinski definition) is 7. The van der Waals surface area contributed by atoms with Gasteiger partial charge in [-0.3, -0.25) is 20.2 Å². The summed E-state index contributed by atoms with van der Waals surface area (Å²) in [6, 6.07) is 4.30. The number of nitrogens with zero attached hydrogens (tertiary/aromatic N) is 4. The van der Waals surface area contributed by atoms with Crippen LogP contribution in [-0.2, 0) is 0 Å². The van der Waals surface area contributed by atoms with Crippen LogP contribution in [0, 0.1) is 10.1 Å². The SMILES string of the molecule is CN(C)c1ccc(C(=O)Nc2nncs2)cc1[N+](=O)[O-]. The van der Waals surface area contributed by atoms with Crippen LogP contribution in [-0.4, -0.2) is 35.1 Å². The molecule has 2 rings (SSSR count). The maximum Gasteiger partial charge on any atom is 0.293 e. The van der Waals surface area contributed by atoms with Gasteiger partial charge in [0.2, 0.25) is 5.13 Å². The molecule has 0 aliphatic heterocycles. The van der Waals surface area contributed by atoms with Gasteiger partial charge in [0.05, 0.1) is 4.92 Å². The molecule has 0 saturated heterocycles. The van der Waals surface area contributed by atoms with Crippen LogP contribution in [0.3, 0.4) is 0 Å². The molecule has 0 unspecified atom stereocenters. The number of carbonyl (C=O) groups excluding carboxylic acids is 1. The molecule has 0 aliphatic rings. The van der Waals surface area contributed by atoms with Gasteiger partial charge in [-0.1, -0.05) is 11.3 Å². The van der Waals surface area contributed by atoms with Crippen LogP contribution in [0.5, 0.6) is 0 Å². The average molecular weight is 293 g/mol. The van der Waals surface area contributed by atoms with E-state index in [2.05, 4.69) is 15.5 Å². The van der Waals surface area contributed by atoms with Crippen molar-refractivity contribution >= 4 is 33.8 Å². The zero-order chi connectivity index (χ0) is 14.7. The highest BCUT2D eigenvalue weighted by Crippen LogP contribution is 2.28. The van der Waals surface area contributed by atoms with Crippen LogP contribution >= 0.6 is 11.3 Å². The molecule has 0 spiro atoms. The largest absolute Gasteiger partial charge is 0.372 e. The predicted molar refractivity (Wildman–Crippen MR) is 75.3 cm³/mol. The highest BCUT2D eigenvalue weighted by atomic mass is 32.1. The molecule has 1 heterocycles. The van der Waals surface area contributed by atoms with Crippen LogP contribution < -0.4 is 10.2 Å². The fourth-order valence-corrected chi connectivity index (χ4v) is 2.03. The van der Waals surface area contributed by atoms with Crippen LogP contribution in [0.4, 0.5) is 16.5 Å². The fourth-order valence-electron chi connectivity index (χ4n) is 1.59. The molecule has 1 N–H and O–H groups in total. The molecule has 0 bridgehead atoms. The van der Waals surface area contributed by atoms with Crippen molar-refractivity contribution in [3.8, 4) is 0 Å². The van der Waals surface area contributed by atoms with Gasteiger partial charge in [0, 0.05) is 25.7 Å². The van der Waals surface area contributed by atoms with Gasteiger partial charge < -0.3 is 4.90 Å². The first kappa shape index (κ1) is 13.9. The van der Waals surface area contributed by atoms with Gasteiger partial charge in [-0.25, -0.2) is 0 Å². The highest BCUT2D eigenvalue weighted by molar-refractivity contribution is 7.13. The van der Waals surface area contributed by atoms with Gasteiger partial charge in [-0.05, 0) is 12.1 Å². The Balaban J connectivity index is 2.31. The van der Waals surface area contributed by atoms with E-state index in [1.165, 1.54) is 35.0 Å². The van der Waals surface area contributed by atoms with E-state index in [1.54, 1.807) is 19.0 Å². The second kappa shape index (κ2) is 5.61. The zero-order valence-electron chi connectivity index (χ0n) is 10.7. The lowest BCUT2D eigenvalue weighted by atomic mass is 10.1. The molecular formula is C11H11N5O3S. The number of nitro benzene ring substituents is 1. The Labute approximate surface area is 118 Å². The number of nitrogens with one attached hydrogen (secondary N) is 1. The van der Waals surface area contributed by atoms with E-state index < -0.39 is 10.8 Å². The van der Waals surface area contributed by atoms with Crippen molar-refractivity contribution in [2.24, 2.45) is 0 Å². The van der Waals surface area contributed by atoms with Crippen molar-refractivity contribution in [2.75, 3.05) is 24.3 Å². The van der Waals surface area contributed by atoms with Crippen molar-refractivity contribution in [3.63, 3.8) is 0 Å². The van der Waals surface area contributed by atoms with Crippen molar-refractivity contribution in [2.45, 2.75) is 0 Å². The smallest absolute Gasteiger partial charge is 0.293 e. The summed E-state index contributed by atoms with van der Waals surface area (Å²) in [5, 5.41) is 21.2. The van der Waals surface area contributed by atoms with Crippen molar-refractivity contribution in [1.29, 1.82) is 0 Å². The third-order valence-electron chi connectivity index (χ3n) is 2.50. The summed E-state index contributed by atoms with van der Waals surface area (Å²) in [6.07, 6.45) is 0. The van der Waals surface area contributed by atoms with E-state index >= 15 is 0 Å². The molecule has 8 nitrogen and oxygen atoms in total. The topological polar surface area (TPSA) is 101 Å². The van der Waals surface area contributed by atoms with E-state index in [1.807, 2.05) is 0 Å². The van der Waals surface area contributed by atoms with Gasteiger partial charge in [-0.2, -0.15) is 0 Å². The number of rotatable bonds is 4. The van der Waals surface area contributed by atoms with Crippen LogP contribution in [0.2, 0.25) is 0 Å². The Hall–Kier alpha value is -2.55. The van der Waals surface area contributed by atoms with E-state index in [-0.39, 0.29) is 11.3 Å². The number of hydrogen-bond donors (Lipinski definition) is 1. The minimum atomic E-state index is -0.517. The van der Waals surface area contributed by atoms with Crippen LogP contribution in [0.1, 0.15) is 10.4 Å². The van der Waals surface area contributed by atoms with Crippen molar-refractivity contribution in [1.82, 2.24) is 10.2 Å². The predicted octanol–water partition coefficient (Wildman–Crippen LogP) is 1.76. The molecule has 2 aromatic rings. The third-order valence-corrected chi connectivity index (χ3v) is 3.10. The Kier molecular flexibility index (Phi) is 3.89. The van der Waals surface area contributed by atoms with Crippen molar-refractivity contribution < 1.29 is 9.72 Å². The summed E-state index contributed by atoms with van der Waals surface area (Å²) in [7, 11) is 3.40. The number of amides is 1. The molecule has 0 atom stereocenters. The second-order valence-corrected chi connectivity index (χ2v) is 4.89. The molecule has 0 fully saturated rings. The number of nitro groups is 1. The molecule has 20 heavy (non-hydrogen) atoms. The lowest BCUT2D eigenvalue weighted by Gasteiger charge is -2.13. The van der Waals surface area contributed by atoms with Gasteiger partial charge in [0.15, 0.2) is 0 Å². The summed E-state index contributed by atoms with van der Waals surface area (Å²) < 4.78 is 0. The Bertz CT molecular complexity index is 642. The molecule has 0 aliphatic carbocycles. The Morgan fingerprint density at radius 1 is 1.45 bits per heavy atom. The first-order valence-corrected chi connectivity index (χ1v) is 6.40. The number of benzene rings is 1. The minimum absolute atomic E-state index is 0.125. The molecule has 1 aromatic heterocycles. The van der Waals surface area contributed by atoms with Crippen LogP contribution in [0.15, 0.2) is 23.7 Å². The maximum absolute atomic E-state index is 12.0. The van der Waals surface area contributed by atoms with E-state index in [4.69, 9.17) is 0 Å². The lowest BCUT2D eigenvalue weighted by Crippen LogP contribution is -2.14. The Morgan fingerprint density at radius 2 is 2.20 bits per heavy atom. The quantitative estimate of drug-likeness (QED) is 0.681. The van der Waals surface area contributed by atoms with E-state index in [9.17, 15) is 14.9 Å². The average Bonchev–Trinajstić information content (AvgIpc) is 2.90. The fraction of sp³-hybridized carbons (Fsp3) is 0.182. The van der Waals surface area contributed by atoms with Gasteiger partial charge in [-0.15, -0.1) is 10.2 Å². The molecule has 0 saturated carbocycles. The number of anilines is 2. The summed E-state index contributed by atoms with van der Waals surface area (Å²) >= 11 is 1.17. The van der Waals surface area contributed by atoms with Crippen molar-refractivity contribution in [3.05, 3.63) is 39.4 Å². The molecule has 1 aromatic carbocycles. The normalized spacial score (nSPS) is 10.1. The highest BCUT2D eigenvalue weighted by Gasteiger charge is 2.19. The molecule has 9 heteroatoms. The standard InChI is InChI=1S/C11H11N5O3S/c1-15(2)8-4-3-7(5-9(8)16(18)19)10(17)13-11-14-12-6-20-11/h3-6H,1-2H3,(H,13,14,17). The van der Waals surface area contributed by atoms with Gasteiger partial charge >= 0.3 is 0 Å². The Morgan fingerprint density at radius 3 is 2.75 bits per heavy atom. The number of aromatic nitrogens is 2. The summed E-state index contributed by atoms with van der Waals surface area (Å²) in [6.45, 7) is 0. The summed E-state index contributed by atoms with van der Waals surface area (Å²) in [4.78, 5) is 24.1. The first-order valence-electron chi connectivity index (χ1n) is 5.52. The maximum atomic E-state index is 12.0. The summed E-state index contributed by atoms with van der Waals surface area (Å²) in [5.41, 5.74) is 1.98. The molecule has 1 amide bonds. The van der Waals surface area contributed by atoms with E-state index in [0.29, 0.717) is 10.8 Å². The second-order valence-electron chi connectivity index (χ2n) is 4.05. The lowest BCUT2D eigenvalue weighted by molar-refractivity contribution is -0.384. The number of carbonyl (C=O) groups is 1. The molecule has 104 valence electrons. The molecular weight excluding hydrogens is 282 g/mol. The van der Waals surface area contributed by atoms with Gasteiger partial charge in [0.25, 0.3) is 11.6 Å². The first-order chi connectivity index (χ1) is 9.49. The minimum Gasteiger partial charge on any atom is -0.372 e. The van der Waals surface area contributed by atoms with E-state index in [0.717, 1.165) is 0 Å². The zero-order valence-corrected chi connectivity index (χ0v) is 11.5. The summed E-state index contributed by atoms with van der Waals surface area (Å²) in [5.74, 6) is -0.463.